The van der Waals surface area contributed by atoms with Crippen molar-refractivity contribution in [3.8, 4) is 0 Å². The van der Waals surface area contributed by atoms with Gasteiger partial charge in [0.25, 0.3) is 0 Å². The van der Waals surface area contributed by atoms with Crippen LogP contribution < -0.4 is 10.6 Å². The lowest BCUT2D eigenvalue weighted by Crippen LogP contribution is -2.47. The van der Waals surface area contributed by atoms with Crippen LogP contribution in [0.1, 0.15) is 46.0 Å². The van der Waals surface area contributed by atoms with Gasteiger partial charge in [-0.2, -0.15) is 0 Å². The SMILES string of the molecule is CN=C(NCC(CC(C)C)N1CCCC1)NC1CC1. The molecular weight excluding hydrogens is 236 g/mol. The predicted octanol–water partition coefficient (Wildman–Crippen LogP) is 1.82. The normalized spacial score (nSPS) is 22.8. The number of hydrogen-bond donors (Lipinski definition) is 2. The lowest BCUT2D eigenvalue weighted by Gasteiger charge is -2.29. The lowest BCUT2D eigenvalue weighted by atomic mass is 10.0. The Hall–Kier alpha value is -0.770. The van der Waals surface area contributed by atoms with E-state index >= 15 is 0 Å². The molecule has 1 saturated heterocycles. The summed E-state index contributed by atoms with van der Waals surface area (Å²) in [5.41, 5.74) is 0. The summed E-state index contributed by atoms with van der Waals surface area (Å²) in [6.45, 7) is 8.20. The van der Waals surface area contributed by atoms with Gasteiger partial charge in [-0.05, 0) is 51.1 Å². The standard InChI is InChI=1S/C15H30N4/c1-12(2)10-14(19-8-4-5-9-19)11-17-15(16-3)18-13-6-7-13/h12-14H,4-11H2,1-3H3,(H2,16,17,18). The van der Waals surface area contributed by atoms with Gasteiger partial charge in [0.15, 0.2) is 5.96 Å². The molecule has 2 fully saturated rings. The number of nitrogens with zero attached hydrogens (tertiary/aromatic N) is 2. The summed E-state index contributed by atoms with van der Waals surface area (Å²) in [5, 5.41) is 6.98. The first-order valence-electron chi connectivity index (χ1n) is 7.90. The minimum absolute atomic E-state index is 0.653. The molecule has 0 bridgehead atoms. The number of rotatable bonds is 6. The maximum Gasteiger partial charge on any atom is 0.191 e. The Morgan fingerprint density at radius 1 is 1.26 bits per heavy atom. The first-order chi connectivity index (χ1) is 9.19. The second-order valence-corrected chi connectivity index (χ2v) is 6.40. The number of likely N-dealkylation sites (tertiary alicyclic amines) is 1. The van der Waals surface area contributed by atoms with Crippen molar-refractivity contribution in [3.63, 3.8) is 0 Å². The van der Waals surface area contributed by atoms with E-state index in [0.29, 0.717) is 12.1 Å². The number of hydrogen-bond acceptors (Lipinski definition) is 2. The zero-order valence-electron chi connectivity index (χ0n) is 12.8. The van der Waals surface area contributed by atoms with E-state index < -0.39 is 0 Å². The molecule has 1 saturated carbocycles. The van der Waals surface area contributed by atoms with Gasteiger partial charge in [-0.15, -0.1) is 0 Å². The van der Waals surface area contributed by atoms with Gasteiger partial charge in [0.2, 0.25) is 0 Å². The van der Waals surface area contributed by atoms with Crippen molar-refractivity contribution in [1.29, 1.82) is 0 Å². The van der Waals surface area contributed by atoms with Crippen LogP contribution in [0.5, 0.6) is 0 Å². The largest absolute Gasteiger partial charge is 0.355 e. The number of aliphatic imine (C=N–C) groups is 1. The van der Waals surface area contributed by atoms with Crippen LogP contribution >= 0.6 is 0 Å². The fourth-order valence-electron chi connectivity index (χ4n) is 2.84. The molecule has 0 aromatic heterocycles. The lowest BCUT2D eigenvalue weighted by molar-refractivity contribution is 0.213. The van der Waals surface area contributed by atoms with Gasteiger partial charge in [0.1, 0.15) is 0 Å². The molecule has 4 heteroatoms. The first kappa shape index (κ1) is 14.6. The molecule has 1 aliphatic heterocycles. The second kappa shape index (κ2) is 7.13. The molecule has 0 aromatic rings. The maximum absolute atomic E-state index is 4.32. The quantitative estimate of drug-likeness (QED) is 0.569. The van der Waals surface area contributed by atoms with Crippen molar-refractivity contribution in [1.82, 2.24) is 15.5 Å². The minimum Gasteiger partial charge on any atom is -0.355 e. The highest BCUT2D eigenvalue weighted by Crippen LogP contribution is 2.19. The van der Waals surface area contributed by atoms with Crippen LogP contribution in [0, 0.1) is 5.92 Å². The van der Waals surface area contributed by atoms with Crippen molar-refractivity contribution in [2.24, 2.45) is 10.9 Å². The van der Waals surface area contributed by atoms with Gasteiger partial charge in [-0.3, -0.25) is 9.89 Å². The van der Waals surface area contributed by atoms with Crippen molar-refractivity contribution in [2.75, 3.05) is 26.7 Å². The third-order valence-corrected chi connectivity index (χ3v) is 4.05. The molecule has 0 aromatic carbocycles. The van der Waals surface area contributed by atoms with Crippen molar-refractivity contribution in [3.05, 3.63) is 0 Å². The monoisotopic (exact) mass is 266 g/mol. The van der Waals surface area contributed by atoms with Gasteiger partial charge in [0, 0.05) is 25.7 Å². The molecule has 110 valence electrons. The number of guanidine groups is 1. The van der Waals surface area contributed by atoms with Gasteiger partial charge in [-0.25, -0.2) is 0 Å². The van der Waals surface area contributed by atoms with Crippen LogP contribution in [0.2, 0.25) is 0 Å². The summed E-state index contributed by atoms with van der Waals surface area (Å²) >= 11 is 0. The highest BCUT2D eigenvalue weighted by molar-refractivity contribution is 5.80. The van der Waals surface area contributed by atoms with Gasteiger partial charge < -0.3 is 10.6 Å². The summed E-state index contributed by atoms with van der Waals surface area (Å²) in [7, 11) is 1.87. The average Bonchev–Trinajstić information content (AvgIpc) is 3.03. The van der Waals surface area contributed by atoms with E-state index in [1.165, 1.54) is 45.2 Å². The molecule has 19 heavy (non-hydrogen) atoms. The van der Waals surface area contributed by atoms with E-state index in [1.54, 1.807) is 0 Å². The van der Waals surface area contributed by atoms with E-state index in [4.69, 9.17) is 0 Å². The Morgan fingerprint density at radius 3 is 2.47 bits per heavy atom. The van der Waals surface area contributed by atoms with Crippen LogP contribution in [0.25, 0.3) is 0 Å². The molecule has 1 heterocycles. The summed E-state index contributed by atoms with van der Waals surface area (Å²) in [4.78, 5) is 6.97. The van der Waals surface area contributed by atoms with Gasteiger partial charge in [-0.1, -0.05) is 13.8 Å². The molecule has 2 rings (SSSR count). The highest BCUT2D eigenvalue weighted by atomic mass is 15.2. The summed E-state index contributed by atoms with van der Waals surface area (Å²) in [5.74, 6) is 1.74. The van der Waals surface area contributed by atoms with Crippen LogP contribution in [0.3, 0.4) is 0 Å². The zero-order valence-corrected chi connectivity index (χ0v) is 12.8. The predicted molar refractivity (Wildman–Crippen MR) is 81.6 cm³/mol. The van der Waals surface area contributed by atoms with Crippen LogP contribution in [0.4, 0.5) is 0 Å². The van der Waals surface area contributed by atoms with E-state index in [9.17, 15) is 0 Å². The molecule has 0 radical (unpaired) electrons. The minimum atomic E-state index is 0.653. The van der Waals surface area contributed by atoms with E-state index in [1.807, 2.05) is 7.05 Å². The summed E-state index contributed by atoms with van der Waals surface area (Å²) in [6, 6.07) is 1.32. The van der Waals surface area contributed by atoms with Crippen molar-refractivity contribution in [2.45, 2.75) is 58.0 Å². The molecule has 4 nitrogen and oxygen atoms in total. The second-order valence-electron chi connectivity index (χ2n) is 6.40. The third kappa shape index (κ3) is 5.01. The molecule has 1 aliphatic carbocycles. The Balaban J connectivity index is 1.80. The zero-order chi connectivity index (χ0) is 13.7. The van der Waals surface area contributed by atoms with E-state index in [2.05, 4.69) is 34.4 Å². The van der Waals surface area contributed by atoms with Crippen LogP contribution in [0.15, 0.2) is 4.99 Å². The fraction of sp³-hybridized carbons (Fsp3) is 0.933. The summed E-state index contributed by atoms with van der Waals surface area (Å²) in [6.07, 6.45) is 6.59. The molecular formula is C15H30N4. The van der Waals surface area contributed by atoms with Crippen molar-refractivity contribution >= 4 is 5.96 Å². The Morgan fingerprint density at radius 2 is 1.95 bits per heavy atom. The number of nitrogens with one attached hydrogen (secondary N) is 2. The van der Waals surface area contributed by atoms with Crippen LogP contribution in [-0.2, 0) is 0 Å². The molecule has 0 amide bonds. The molecule has 2 aliphatic rings. The van der Waals surface area contributed by atoms with Gasteiger partial charge >= 0.3 is 0 Å². The Bertz CT molecular complexity index is 291. The highest BCUT2D eigenvalue weighted by Gasteiger charge is 2.25. The smallest absolute Gasteiger partial charge is 0.191 e. The topological polar surface area (TPSA) is 39.7 Å². The summed E-state index contributed by atoms with van der Waals surface area (Å²) < 4.78 is 0. The van der Waals surface area contributed by atoms with Gasteiger partial charge in [0.05, 0.1) is 0 Å². The maximum atomic E-state index is 4.32. The van der Waals surface area contributed by atoms with Crippen LogP contribution in [-0.4, -0.2) is 49.6 Å². The average molecular weight is 266 g/mol. The first-order valence-corrected chi connectivity index (χ1v) is 7.90. The van der Waals surface area contributed by atoms with E-state index in [0.717, 1.165) is 18.4 Å². The molecule has 1 atom stereocenters. The van der Waals surface area contributed by atoms with E-state index in [-0.39, 0.29) is 0 Å². The Kier molecular flexibility index (Phi) is 5.49. The third-order valence-electron chi connectivity index (χ3n) is 4.05. The molecule has 1 unspecified atom stereocenters. The fourth-order valence-corrected chi connectivity index (χ4v) is 2.84. The molecule has 2 N–H and O–H groups in total. The Labute approximate surface area is 118 Å². The molecule has 0 spiro atoms. The van der Waals surface area contributed by atoms with Crippen molar-refractivity contribution < 1.29 is 0 Å².